The van der Waals surface area contributed by atoms with E-state index < -0.39 is 17.1 Å². The highest BCUT2D eigenvalue weighted by Gasteiger charge is 2.56. The number of hydrogen-bond donors (Lipinski definition) is 1. The zero-order valence-electron chi connectivity index (χ0n) is 20.5. The molecule has 3 atom stereocenters. The first-order valence-corrected chi connectivity index (χ1v) is 14.2. The maximum Gasteiger partial charge on any atom is 0.308 e. The second-order valence-corrected chi connectivity index (χ2v) is 11.9. The van der Waals surface area contributed by atoms with Gasteiger partial charge in [0.1, 0.15) is 11.8 Å². The number of fused-ring (bicyclic) bond motifs is 2. The number of anilines is 2. The fraction of sp³-hybridized carbons (Fsp3) is 0.179. The lowest BCUT2D eigenvalue weighted by Gasteiger charge is -2.30. The number of rotatable bonds is 5. The Balaban J connectivity index is 1.40. The molecule has 2 aromatic carbocycles. The van der Waals surface area contributed by atoms with Gasteiger partial charge in [0.15, 0.2) is 0 Å². The molecule has 0 bridgehead atoms. The number of amides is 3. The van der Waals surface area contributed by atoms with Gasteiger partial charge in [0.05, 0.1) is 16.6 Å². The molecule has 2 aromatic heterocycles. The first-order valence-electron chi connectivity index (χ1n) is 12.1. The van der Waals surface area contributed by atoms with E-state index >= 15 is 0 Å². The molecular weight excluding hydrogens is 556 g/mol. The standard InChI is InChI=1S/C28H21ClN4O4S2/c1-15-5-2-3-7-19(15)31-20(34)14-32-27-24(39-28(32)37)21(16-6-4-12-30-13-16)22-23(38-27)26(36)33(25(22)35)18-10-8-17(29)9-11-18/h2-13,21-23H,14H2,1H3,(H,31,34)/t21-,22?,23?/m1/s1. The molecule has 4 heterocycles. The number of para-hydroxylation sites is 1. The third-order valence-electron chi connectivity index (χ3n) is 6.90. The number of carbonyl (C=O) groups excluding carboxylic acids is 3. The Morgan fingerprint density at radius 3 is 2.51 bits per heavy atom. The quantitative estimate of drug-likeness (QED) is 0.346. The minimum absolute atomic E-state index is 0.216. The van der Waals surface area contributed by atoms with Gasteiger partial charge in [-0.25, -0.2) is 4.90 Å². The van der Waals surface area contributed by atoms with Crippen LogP contribution in [0, 0.1) is 12.8 Å². The van der Waals surface area contributed by atoms with E-state index in [2.05, 4.69) is 10.3 Å². The Morgan fingerprint density at radius 2 is 1.79 bits per heavy atom. The van der Waals surface area contributed by atoms with E-state index in [4.69, 9.17) is 11.6 Å². The summed E-state index contributed by atoms with van der Waals surface area (Å²) < 4.78 is 1.40. The average molecular weight is 577 g/mol. The Kier molecular flexibility index (Phi) is 6.62. The van der Waals surface area contributed by atoms with Crippen LogP contribution in [0.1, 0.15) is 21.9 Å². The molecule has 6 rings (SSSR count). The number of benzene rings is 2. The number of aromatic nitrogens is 2. The van der Waals surface area contributed by atoms with Crippen molar-refractivity contribution in [2.45, 2.75) is 29.7 Å². The van der Waals surface area contributed by atoms with Gasteiger partial charge in [-0.2, -0.15) is 0 Å². The molecule has 3 amide bonds. The first-order chi connectivity index (χ1) is 18.8. The van der Waals surface area contributed by atoms with Gasteiger partial charge < -0.3 is 5.32 Å². The van der Waals surface area contributed by atoms with Gasteiger partial charge in [-0.05, 0) is 54.4 Å². The van der Waals surface area contributed by atoms with E-state index in [0.29, 0.717) is 26.3 Å². The number of hydrogen-bond acceptors (Lipinski definition) is 7. The van der Waals surface area contributed by atoms with E-state index in [9.17, 15) is 19.2 Å². The number of nitrogens with one attached hydrogen (secondary N) is 1. The minimum Gasteiger partial charge on any atom is -0.324 e. The fourth-order valence-electron chi connectivity index (χ4n) is 5.07. The monoisotopic (exact) mass is 576 g/mol. The Bertz CT molecular complexity index is 1670. The first kappa shape index (κ1) is 25.5. The van der Waals surface area contributed by atoms with Gasteiger partial charge in [0, 0.05) is 33.9 Å². The summed E-state index contributed by atoms with van der Waals surface area (Å²) in [4.78, 5) is 59.5. The second kappa shape index (κ2) is 10.1. The van der Waals surface area contributed by atoms with Crippen molar-refractivity contribution in [1.82, 2.24) is 9.55 Å². The van der Waals surface area contributed by atoms with E-state index in [1.807, 2.05) is 31.2 Å². The summed E-state index contributed by atoms with van der Waals surface area (Å²) in [5.74, 6) is -2.37. The van der Waals surface area contributed by atoms with Gasteiger partial charge in [-0.3, -0.25) is 28.7 Å². The number of thioether (sulfide) groups is 1. The van der Waals surface area contributed by atoms with Crippen LogP contribution in [0.4, 0.5) is 11.4 Å². The molecule has 0 radical (unpaired) electrons. The topological polar surface area (TPSA) is 101 Å². The van der Waals surface area contributed by atoms with Crippen LogP contribution in [0.5, 0.6) is 0 Å². The molecular formula is C28H21ClN4O4S2. The van der Waals surface area contributed by atoms with Crippen molar-refractivity contribution in [2.75, 3.05) is 10.2 Å². The maximum absolute atomic E-state index is 13.8. The van der Waals surface area contributed by atoms with Crippen molar-refractivity contribution in [3.05, 3.63) is 104 Å². The predicted molar refractivity (Wildman–Crippen MR) is 152 cm³/mol. The third-order valence-corrected chi connectivity index (χ3v) is 9.75. The summed E-state index contributed by atoms with van der Waals surface area (Å²) >= 11 is 8.21. The van der Waals surface area contributed by atoms with Crippen molar-refractivity contribution in [3.63, 3.8) is 0 Å². The highest BCUT2D eigenvalue weighted by molar-refractivity contribution is 8.00. The molecule has 196 valence electrons. The molecule has 0 saturated carbocycles. The molecule has 39 heavy (non-hydrogen) atoms. The van der Waals surface area contributed by atoms with E-state index in [1.165, 1.54) is 21.2 Å². The number of thiazole rings is 1. The Labute approximate surface area is 236 Å². The van der Waals surface area contributed by atoms with Crippen LogP contribution in [0.2, 0.25) is 5.02 Å². The van der Waals surface area contributed by atoms with Crippen LogP contribution in [0.25, 0.3) is 0 Å². The fourth-order valence-corrected chi connectivity index (χ4v) is 7.96. The van der Waals surface area contributed by atoms with Crippen LogP contribution < -0.4 is 15.1 Å². The lowest BCUT2D eigenvalue weighted by atomic mass is 9.84. The molecule has 2 aliphatic heterocycles. The number of nitrogens with zero attached hydrogens (tertiary/aromatic N) is 3. The molecule has 1 fully saturated rings. The van der Waals surface area contributed by atoms with Gasteiger partial charge in [0.2, 0.25) is 17.7 Å². The van der Waals surface area contributed by atoms with Gasteiger partial charge in [-0.1, -0.05) is 59.0 Å². The highest BCUT2D eigenvalue weighted by atomic mass is 35.5. The van der Waals surface area contributed by atoms with Crippen LogP contribution in [-0.2, 0) is 20.9 Å². The highest BCUT2D eigenvalue weighted by Crippen LogP contribution is 2.53. The number of aryl methyl sites for hydroxylation is 1. The van der Waals surface area contributed by atoms with Crippen molar-refractivity contribution in [1.29, 1.82) is 0 Å². The predicted octanol–water partition coefficient (Wildman–Crippen LogP) is 4.70. The lowest BCUT2D eigenvalue weighted by Crippen LogP contribution is -2.33. The summed E-state index contributed by atoms with van der Waals surface area (Å²) in [6.07, 6.45) is 3.29. The zero-order valence-corrected chi connectivity index (χ0v) is 22.9. The van der Waals surface area contributed by atoms with Gasteiger partial charge in [0.25, 0.3) is 0 Å². The molecule has 2 unspecified atom stereocenters. The van der Waals surface area contributed by atoms with Crippen molar-refractivity contribution < 1.29 is 14.4 Å². The van der Waals surface area contributed by atoms with Crippen LogP contribution in [-0.4, -0.2) is 32.5 Å². The van der Waals surface area contributed by atoms with Crippen LogP contribution in [0.15, 0.2) is 82.9 Å². The summed E-state index contributed by atoms with van der Waals surface area (Å²) in [5.41, 5.74) is 2.73. The second-order valence-electron chi connectivity index (χ2n) is 9.30. The smallest absolute Gasteiger partial charge is 0.308 e. The van der Waals surface area contributed by atoms with Crippen molar-refractivity contribution in [2.24, 2.45) is 5.92 Å². The average Bonchev–Trinajstić information content (AvgIpc) is 3.37. The van der Waals surface area contributed by atoms with E-state index in [-0.39, 0.29) is 29.1 Å². The lowest BCUT2D eigenvalue weighted by molar-refractivity contribution is -0.122. The summed E-state index contributed by atoms with van der Waals surface area (Å²) in [6, 6.07) is 17.5. The Morgan fingerprint density at radius 1 is 1.03 bits per heavy atom. The molecule has 1 N–H and O–H groups in total. The van der Waals surface area contributed by atoms with E-state index in [1.54, 1.807) is 48.8 Å². The maximum atomic E-state index is 13.8. The van der Waals surface area contributed by atoms with E-state index in [0.717, 1.165) is 22.5 Å². The summed E-state index contributed by atoms with van der Waals surface area (Å²) in [7, 11) is 0. The zero-order chi connectivity index (χ0) is 27.3. The van der Waals surface area contributed by atoms with Crippen molar-refractivity contribution in [3.8, 4) is 0 Å². The SMILES string of the molecule is Cc1ccccc1NC(=O)Cn1c2c(sc1=O)[C@H](c1cccnc1)C1C(=O)N(c3ccc(Cl)cc3)C(=O)C1S2. The molecule has 11 heteroatoms. The molecule has 1 saturated heterocycles. The number of imide groups is 1. The number of halogens is 1. The molecule has 0 aliphatic carbocycles. The Hall–Kier alpha value is -3.73. The number of pyridine rings is 1. The number of carbonyl (C=O) groups is 3. The normalized spacial score (nSPS) is 20.1. The van der Waals surface area contributed by atoms with Gasteiger partial charge in [-0.15, -0.1) is 0 Å². The van der Waals surface area contributed by atoms with Crippen LogP contribution in [0.3, 0.4) is 0 Å². The summed E-state index contributed by atoms with van der Waals surface area (Å²) in [5, 5.41) is 3.12. The molecule has 4 aromatic rings. The summed E-state index contributed by atoms with van der Waals surface area (Å²) in [6.45, 7) is 1.67. The largest absolute Gasteiger partial charge is 0.324 e. The molecule has 0 spiro atoms. The van der Waals surface area contributed by atoms with Gasteiger partial charge >= 0.3 is 4.87 Å². The molecule has 2 aliphatic rings. The van der Waals surface area contributed by atoms with Crippen LogP contribution >= 0.6 is 34.7 Å². The van der Waals surface area contributed by atoms with Crippen molar-refractivity contribution >= 4 is 63.8 Å². The third kappa shape index (κ3) is 4.48. The minimum atomic E-state index is -0.773. The molecule has 8 nitrogen and oxygen atoms in total.